The molecular weight excluding hydrogens is 358 g/mol. The lowest BCUT2D eigenvalue weighted by Crippen LogP contribution is -2.13. The summed E-state index contributed by atoms with van der Waals surface area (Å²) < 4.78 is 24.8. The summed E-state index contributed by atoms with van der Waals surface area (Å²) in [5.41, 5.74) is -0.350. The molecule has 0 saturated carbocycles. The van der Waals surface area contributed by atoms with Gasteiger partial charge in [0.25, 0.3) is 0 Å². The molecule has 0 unspecified atom stereocenters. The number of nitrogens with zero attached hydrogens (tertiary/aromatic N) is 2. The Morgan fingerprint density at radius 1 is 1.29 bits per heavy atom. The van der Waals surface area contributed by atoms with E-state index in [1.165, 1.54) is 26.1 Å². The van der Waals surface area contributed by atoms with Crippen molar-refractivity contribution in [1.29, 1.82) is 0 Å². The van der Waals surface area contributed by atoms with E-state index in [0.29, 0.717) is 0 Å². The van der Waals surface area contributed by atoms with Crippen LogP contribution in [-0.2, 0) is 21.7 Å². The molecule has 0 saturated heterocycles. The van der Waals surface area contributed by atoms with Gasteiger partial charge in [0, 0.05) is 25.8 Å². The lowest BCUT2D eigenvalue weighted by Gasteiger charge is -2.13. The maximum Gasteiger partial charge on any atom is 0.221 e. The minimum absolute atomic E-state index is 0.0730. The van der Waals surface area contributed by atoms with Crippen LogP contribution in [0.3, 0.4) is 0 Å². The van der Waals surface area contributed by atoms with Crippen LogP contribution in [-0.4, -0.2) is 41.3 Å². The van der Waals surface area contributed by atoms with Gasteiger partial charge in [-0.15, -0.1) is 0 Å². The molecule has 2 N–H and O–H groups in total. The average molecular weight is 372 g/mol. The Balaban J connectivity index is 2.67. The number of ketones is 1. The van der Waals surface area contributed by atoms with Crippen molar-refractivity contribution in [2.75, 3.05) is 11.6 Å². The third-order valence-corrected chi connectivity index (χ3v) is 4.73. The van der Waals surface area contributed by atoms with Gasteiger partial charge in [0.15, 0.2) is 9.84 Å². The van der Waals surface area contributed by atoms with Crippen LogP contribution in [0.25, 0.3) is 0 Å². The largest absolute Gasteiger partial charge is 0.493 e. The summed E-state index contributed by atoms with van der Waals surface area (Å²) in [5, 5.41) is 15.7. The molecule has 2 rings (SSSR count). The van der Waals surface area contributed by atoms with Gasteiger partial charge in [-0.3, -0.25) is 9.59 Å². The van der Waals surface area contributed by atoms with Crippen molar-refractivity contribution in [3.63, 3.8) is 0 Å². The number of hydrogen-bond donors (Lipinski definition) is 2. The first-order valence-corrected chi connectivity index (χ1v) is 8.86. The van der Waals surface area contributed by atoms with Crippen LogP contribution < -0.4 is 5.32 Å². The highest BCUT2D eigenvalue weighted by Gasteiger charge is 2.25. The van der Waals surface area contributed by atoms with Gasteiger partial charge in [0.1, 0.15) is 5.56 Å². The SMILES string of the molecule is CC(=O)Nc1c(S(C)(=O)=O)ccc(C(=O)c2cnn(C)c2O)c1Cl. The smallest absolute Gasteiger partial charge is 0.221 e. The maximum atomic E-state index is 12.5. The molecule has 0 fully saturated rings. The molecule has 0 atom stereocenters. The Bertz CT molecular complexity index is 950. The van der Waals surface area contributed by atoms with Crippen molar-refractivity contribution in [3.05, 3.63) is 34.5 Å². The van der Waals surface area contributed by atoms with E-state index < -0.39 is 21.5 Å². The molecule has 0 aliphatic rings. The molecule has 1 aromatic heterocycles. The summed E-state index contributed by atoms with van der Waals surface area (Å²) in [6, 6.07) is 2.39. The quantitative estimate of drug-likeness (QED) is 0.783. The first-order chi connectivity index (χ1) is 11.0. The zero-order valence-electron chi connectivity index (χ0n) is 13.0. The van der Waals surface area contributed by atoms with E-state index in [1.807, 2.05) is 0 Å². The van der Waals surface area contributed by atoms with E-state index in [1.54, 1.807) is 0 Å². The topological polar surface area (TPSA) is 118 Å². The zero-order valence-corrected chi connectivity index (χ0v) is 14.6. The van der Waals surface area contributed by atoms with E-state index in [2.05, 4.69) is 10.4 Å². The number of rotatable bonds is 4. The van der Waals surface area contributed by atoms with E-state index in [0.717, 1.165) is 17.1 Å². The Hall–Kier alpha value is -2.39. The lowest BCUT2D eigenvalue weighted by molar-refractivity contribution is -0.114. The number of carbonyl (C=O) groups is 2. The van der Waals surface area contributed by atoms with Gasteiger partial charge >= 0.3 is 0 Å². The Morgan fingerprint density at radius 2 is 1.92 bits per heavy atom. The molecule has 0 aliphatic heterocycles. The molecule has 1 aromatic carbocycles. The van der Waals surface area contributed by atoms with Gasteiger partial charge < -0.3 is 10.4 Å². The Kier molecular flexibility index (Phi) is 4.68. The van der Waals surface area contributed by atoms with Crippen LogP contribution in [0.1, 0.15) is 22.8 Å². The van der Waals surface area contributed by atoms with Crippen LogP contribution in [0.4, 0.5) is 5.69 Å². The minimum atomic E-state index is -3.69. The van der Waals surface area contributed by atoms with Crippen LogP contribution in [0.15, 0.2) is 23.2 Å². The van der Waals surface area contributed by atoms with Crippen molar-refractivity contribution in [3.8, 4) is 5.88 Å². The third kappa shape index (κ3) is 3.26. The standard InChI is InChI=1S/C14H14ClN3O5S/c1-7(19)17-12-10(24(3,22)23)5-4-8(11(12)15)13(20)9-6-16-18(2)14(9)21/h4-6,21H,1-3H3,(H,17,19). The second-order valence-electron chi connectivity index (χ2n) is 5.09. The number of benzene rings is 1. The Labute approximate surface area is 143 Å². The zero-order chi connectivity index (χ0) is 18.2. The van der Waals surface area contributed by atoms with Crippen molar-refractivity contribution in [2.45, 2.75) is 11.8 Å². The van der Waals surface area contributed by atoms with Crippen LogP contribution in [0, 0.1) is 0 Å². The van der Waals surface area contributed by atoms with Crippen LogP contribution >= 0.6 is 11.6 Å². The fraction of sp³-hybridized carbons (Fsp3) is 0.214. The van der Waals surface area contributed by atoms with Gasteiger partial charge in [-0.05, 0) is 12.1 Å². The average Bonchev–Trinajstić information content (AvgIpc) is 2.78. The molecule has 1 heterocycles. The molecular formula is C14H14ClN3O5S. The van der Waals surface area contributed by atoms with E-state index in [4.69, 9.17) is 11.6 Å². The summed E-state index contributed by atoms with van der Waals surface area (Å²) in [5.74, 6) is -1.56. The number of anilines is 1. The monoisotopic (exact) mass is 371 g/mol. The van der Waals surface area contributed by atoms with Gasteiger partial charge in [0.05, 0.1) is 21.8 Å². The fourth-order valence-corrected chi connectivity index (χ4v) is 3.26. The highest BCUT2D eigenvalue weighted by molar-refractivity contribution is 7.90. The summed E-state index contributed by atoms with van der Waals surface area (Å²) in [6.45, 7) is 1.18. The molecule has 10 heteroatoms. The van der Waals surface area contributed by atoms with Gasteiger partial charge in [-0.1, -0.05) is 11.6 Å². The molecule has 1 amide bonds. The highest BCUT2D eigenvalue weighted by atomic mass is 35.5. The molecule has 128 valence electrons. The molecule has 2 aromatic rings. The van der Waals surface area contributed by atoms with Gasteiger partial charge in [-0.2, -0.15) is 5.10 Å². The van der Waals surface area contributed by atoms with Crippen LogP contribution in [0.2, 0.25) is 5.02 Å². The fourth-order valence-electron chi connectivity index (χ4n) is 2.07. The summed E-state index contributed by atoms with van der Waals surface area (Å²) in [6.07, 6.45) is 2.12. The number of amides is 1. The van der Waals surface area contributed by atoms with Crippen molar-refractivity contribution in [2.24, 2.45) is 7.05 Å². The van der Waals surface area contributed by atoms with E-state index in [-0.39, 0.29) is 32.6 Å². The van der Waals surface area contributed by atoms with Crippen molar-refractivity contribution >= 4 is 38.8 Å². The predicted molar refractivity (Wildman–Crippen MR) is 87.2 cm³/mol. The lowest BCUT2D eigenvalue weighted by atomic mass is 10.0. The summed E-state index contributed by atoms with van der Waals surface area (Å²) in [4.78, 5) is 23.7. The number of hydrogen-bond acceptors (Lipinski definition) is 6. The highest BCUT2D eigenvalue weighted by Crippen LogP contribution is 2.35. The van der Waals surface area contributed by atoms with E-state index >= 15 is 0 Å². The van der Waals surface area contributed by atoms with Crippen molar-refractivity contribution < 1.29 is 23.1 Å². The van der Waals surface area contributed by atoms with Gasteiger partial charge in [0.2, 0.25) is 17.6 Å². The third-order valence-electron chi connectivity index (χ3n) is 3.20. The van der Waals surface area contributed by atoms with Crippen LogP contribution in [0.5, 0.6) is 5.88 Å². The number of aromatic hydroxyl groups is 1. The first-order valence-electron chi connectivity index (χ1n) is 6.59. The van der Waals surface area contributed by atoms with E-state index in [9.17, 15) is 23.1 Å². The first kappa shape index (κ1) is 18.0. The second-order valence-corrected chi connectivity index (χ2v) is 7.45. The Morgan fingerprint density at radius 3 is 2.38 bits per heavy atom. The number of sulfone groups is 1. The molecule has 0 bridgehead atoms. The minimum Gasteiger partial charge on any atom is -0.493 e. The summed E-state index contributed by atoms with van der Waals surface area (Å²) >= 11 is 6.16. The molecule has 8 nitrogen and oxygen atoms in total. The maximum absolute atomic E-state index is 12.5. The molecule has 0 aliphatic carbocycles. The normalized spacial score (nSPS) is 11.3. The number of halogens is 1. The number of nitrogens with one attached hydrogen (secondary N) is 1. The molecule has 24 heavy (non-hydrogen) atoms. The molecule has 0 radical (unpaired) electrons. The molecule has 0 spiro atoms. The predicted octanol–water partition coefficient (Wildman–Crippen LogP) is 1.37. The number of aromatic nitrogens is 2. The second kappa shape index (κ2) is 6.25. The number of aryl methyl sites for hydroxylation is 1. The van der Waals surface area contributed by atoms with Gasteiger partial charge in [-0.25, -0.2) is 13.1 Å². The number of carbonyl (C=O) groups excluding carboxylic acids is 2. The summed E-state index contributed by atoms with van der Waals surface area (Å²) in [7, 11) is -2.24. The van der Waals surface area contributed by atoms with Crippen molar-refractivity contribution in [1.82, 2.24) is 9.78 Å².